The van der Waals surface area contributed by atoms with Gasteiger partial charge < -0.3 is 10.2 Å². The van der Waals surface area contributed by atoms with Crippen LogP contribution in [0.4, 0.5) is 9.18 Å². The Morgan fingerprint density at radius 2 is 1.91 bits per heavy atom. The van der Waals surface area contributed by atoms with Crippen LogP contribution in [0.3, 0.4) is 0 Å². The number of urea groups is 1. The second-order valence-corrected chi connectivity index (χ2v) is 5.53. The molecule has 2 aromatic rings. The highest BCUT2D eigenvalue weighted by molar-refractivity contribution is 6.30. The lowest BCUT2D eigenvalue weighted by Crippen LogP contribution is -2.37. The van der Waals surface area contributed by atoms with E-state index in [1.807, 2.05) is 24.3 Å². The first-order chi connectivity index (χ1) is 10.5. The van der Waals surface area contributed by atoms with Crippen LogP contribution in [0.25, 0.3) is 0 Å². The molecule has 0 atom stereocenters. The predicted molar refractivity (Wildman–Crippen MR) is 86.4 cm³/mol. The van der Waals surface area contributed by atoms with E-state index in [4.69, 9.17) is 11.6 Å². The summed E-state index contributed by atoms with van der Waals surface area (Å²) in [5.74, 6) is -0.297. The summed E-state index contributed by atoms with van der Waals surface area (Å²) in [5, 5.41) is 3.54. The first-order valence-corrected chi connectivity index (χ1v) is 7.40. The Kier molecular flexibility index (Phi) is 5.78. The van der Waals surface area contributed by atoms with Crippen molar-refractivity contribution in [2.45, 2.75) is 13.0 Å². The van der Waals surface area contributed by atoms with Gasteiger partial charge in [0, 0.05) is 25.2 Å². The van der Waals surface area contributed by atoms with E-state index in [0.717, 1.165) is 17.5 Å². The Bertz CT molecular complexity index is 631. The molecule has 22 heavy (non-hydrogen) atoms. The van der Waals surface area contributed by atoms with Crippen LogP contribution in [0.2, 0.25) is 5.02 Å². The fraction of sp³-hybridized carbons (Fsp3) is 0.235. The summed E-state index contributed by atoms with van der Waals surface area (Å²) < 4.78 is 13.1. The number of nitrogens with zero attached hydrogens (tertiary/aromatic N) is 1. The minimum Gasteiger partial charge on any atom is -0.338 e. The van der Waals surface area contributed by atoms with Crippen LogP contribution < -0.4 is 5.32 Å². The third kappa shape index (κ3) is 5.04. The lowest BCUT2D eigenvalue weighted by Gasteiger charge is -2.18. The van der Waals surface area contributed by atoms with E-state index >= 15 is 0 Å². The van der Waals surface area contributed by atoms with Crippen molar-refractivity contribution in [1.29, 1.82) is 0 Å². The summed E-state index contributed by atoms with van der Waals surface area (Å²) in [7, 11) is 1.68. The zero-order valence-corrected chi connectivity index (χ0v) is 13.1. The van der Waals surface area contributed by atoms with Gasteiger partial charge in [0.05, 0.1) is 0 Å². The number of carbonyl (C=O) groups excluding carboxylic acids is 1. The Hall–Kier alpha value is -2.07. The maximum absolute atomic E-state index is 13.1. The molecule has 0 heterocycles. The minimum atomic E-state index is -0.297. The average Bonchev–Trinajstić information content (AvgIpc) is 2.49. The summed E-state index contributed by atoms with van der Waals surface area (Å²) >= 11 is 5.82. The van der Waals surface area contributed by atoms with Crippen LogP contribution in [0, 0.1) is 5.82 Å². The number of benzene rings is 2. The second kappa shape index (κ2) is 7.80. The largest absolute Gasteiger partial charge is 0.338 e. The molecule has 2 rings (SSSR count). The van der Waals surface area contributed by atoms with Gasteiger partial charge in [-0.05, 0) is 41.8 Å². The van der Waals surface area contributed by atoms with Crippen molar-refractivity contribution in [3.63, 3.8) is 0 Å². The molecule has 0 fully saturated rings. The summed E-state index contributed by atoms with van der Waals surface area (Å²) in [6, 6.07) is 13.6. The van der Waals surface area contributed by atoms with Crippen molar-refractivity contribution in [3.8, 4) is 0 Å². The van der Waals surface area contributed by atoms with Gasteiger partial charge in [-0.3, -0.25) is 0 Å². The highest BCUT2D eigenvalue weighted by atomic mass is 35.5. The monoisotopic (exact) mass is 320 g/mol. The molecule has 0 aliphatic heterocycles. The molecular formula is C17H18ClFN2O. The molecule has 116 valence electrons. The first-order valence-electron chi connectivity index (χ1n) is 7.02. The number of halogens is 2. The fourth-order valence-electron chi connectivity index (χ4n) is 2.08. The topological polar surface area (TPSA) is 32.3 Å². The Balaban J connectivity index is 1.77. The number of carbonyl (C=O) groups is 1. The van der Waals surface area contributed by atoms with Crippen LogP contribution in [-0.2, 0) is 13.0 Å². The van der Waals surface area contributed by atoms with Gasteiger partial charge in [0.15, 0.2) is 0 Å². The third-order valence-electron chi connectivity index (χ3n) is 3.26. The van der Waals surface area contributed by atoms with Gasteiger partial charge in [-0.15, -0.1) is 0 Å². The quantitative estimate of drug-likeness (QED) is 0.891. The van der Waals surface area contributed by atoms with Crippen LogP contribution in [0.15, 0.2) is 48.5 Å². The summed E-state index contributed by atoms with van der Waals surface area (Å²) in [5.41, 5.74) is 1.87. The van der Waals surface area contributed by atoms with Crippen molar-refractivity contribution >= 4 is 17.6 Å². The normalized spacial score (nSPS) is 10.3. The summed E-state index contributed by atoms with van der Waals surface area (Å²) in [6.07, 6.45) is 0.733. The molecule has 0 bridgehead atoms. The maximum Gasteiger partial charge on any atom is 0.317 e. The Morgan fingerprint density at radius 3 is 2.59 bits per heavy atom. The molecule has 0 saturated heterocycles. The van der Waals surface area contributed by atoms with Crippen LogP contribution >= 0.6 is 11.6 Å². The lowest BCUT2D eigenvalue weighted by molar-refractivity contribution is 0.207. The van der Waals surface area contributed by atoms with Crippen molar-refractivity contribution in [1.82, 2.24) is 10.2 Å². The van der Waals surface area contributed by atoms with Gasteiger partial charge in [-0.2, -0.15) is 0 Å². The highest BCUT2D eigenvalue weighted by Crippen LogP contribution is 2.10. The van der Waals surface area contributed by atoms with Crippen molar-refractivity contribution < 1.29 is 9.18 Å². The molecule has 0 spiro atoms. The molecule has 0 aliphatic rings. The molecule has 0 aliphatic carbocycles. The van der Waals surface area contributed by atoms with E-state index in [0.29, 0.717) is 18.1 Å². The number of rotatable bonds is 5. The molecule has 1 N–H and O–H groups in total. The smallest absolute Gasteiger partial charge is 0.317 e. The average molecular weight is 321 g/mol. The third-order valence-corrected chi connectivity index (χ3v) is 3.51. The molecule has 0 radical (unpaired) electrons. The van der Waals surface area contributed by atoms with Crippen molar-refractivity contribution in [2.75, 3.05) is 13.6 Å². The number of amides is 2. The Labute approximate surface area is 134 Å². The fourth-order valence-corrected chi connectivity index (χ4v) is 2.21. The SMILES string of the molecule is CN(Cc1cccc(F)c1)C(=O)NCCc1ccc(Cl)cc1. The van der Waals surface area contributed by atoms with Gasteiger partial charge in [0.1, 0.15) is 5.82 Å². The Morgan fingerprint density at radius 1 is 1.18 bits per heavy atom. The minimum absolute atomic E-state index is 0.182. The van der Waals surface area contributed by atoms with E-state index in [1.54, 1.807) is 19.2 Å². The van der Waals surface area contributed by atoms with E-state index in [1.165, 1.54) is 17.0 Å². The second-order valence-electron chi connectivity index (χ2n) is 5.09. The van der Waals surface area contributed by atoms with Gasteiger partial charge >= 0.3 is 6.03 Å². The molecule has 0 aromatic heterocycles. The van der Waals surface area contributed by atoms with Crippen molar-refractivity contribution in [3.05, 3.63) is 70.5 Å². The summed E-state index contributed by atoms with van der Waals surface area (Å²) in [6.45, 7) is 0.901. The molecular weight excluding hydrogens is 303 g/mol. The number of nitrogens with one attached hydrogen (secondary N) is 1. The van der Waals surface area contributed by atoms with Gasteiger partial charge in [-0.1, -0.05) is 35.9 Å². The summed E-state index contributed by atoms with van der Waals surface area (Å²) in [4.78, 5) is 13.5. The molecule has 2 amide bonds. The number of hydrogen-bond donors (Lipinski definition) is 1. The van der Waals surface area contributed by atoms with E-state index in [2.05, 4.69) is 5.32 Å². The van der Waals surface area contributed by atoms with Crippen molar-refractivity contribution in [2.24, 2.45) is 0 Å². The molecule has 5 heteroatoms. The van der Waals surface area contributed by atoms with Gasteiger partial charge in [0.2, 0.25) is 0 Å². The van der Waals surface area contributed by atoms with E-state index < -0.39 is 0 Å². The van der Waals surface area contributed by atoms with E-state index in [9.17, 15) is 9.18 Å². The molecule has 0 unspecified atom stereocenters. The zero-order valence-electron chi connectivity index (χ0n) is 12.4. The molecule has 2 aromatic carbocycles. The number of hydrogen-bond acceptors (Lipinski definition) is 1. The van der Waals surface area contributed by atoms with Crippen LogP contribution in [-0.4, -0.2) is 24.5 Å². The first kappa shape index (κ1) is 16.3. The van der Waals surface area contributed by atoms with Crippen LogP contribution in [0.5, 0.6) is 0 Å². The maximum atomic E-state index is 13.1. The van der Waals surface area contributed by atoms with Gasteiger partial charge in [-0.25, -0.2) is 9.18 Å². The lowest BCUT2D eigenvalue weighted by atomic mass is 10.1. The van der Waals surface area contributed by atoms with Gasteiger partial charge in [0.25, 0.3) is 0 Å². The zero-order chi connectivity index (χ0) is 15.9. The standard InChI is InChI=1S/C17H18ClFN2O/c1-21(12-14-3-2-4-16(19)11-14)17(22)20-10-9-13-5-7-15(18)8-6-13/h2-8,11H,9-10,12H2,1H3,(H,20,22). The molecule has 0 saturated carbocycles. The van der Waals surface area contributed by atoms with E-state index in [-0.39, 0.29) is 11.8 Å². The molecule has 3 nitrogen and oxygen atoms in total. The highest BCUT2D eigenvalue weighted by Gasteiger charge is 2.08. The predicted octanol–water partition coefficient (Wildman–Crippen LogP) is 3.86. The van der Waals surface area contributed by atoms with Crippen LogP contribution in [0.1, 0.15) is 11.1 Å².